The number of halogens is 1. The smallest absolute Gasteiger partial charge is 0.175 e. The molecule has 0 spiro atoms. The molecule has 1 aromatic carbocycles. The summed E-state index contributed by atoms with van der Waals surface area (Å²) in [6, 6.07) is 9.44. The van der Waals surface area contributed by atoms with E-state index in [2.05, 4.69) is 10.3 Å². The van der Waals surface area contributed by atoms with Gasteiger partial charge in [-0.2, -0.15) is 0 Å². The van der Waals surface area contributed by atoms with E-state index in [1.807, 2.05) is 18.2 Å². The van der Waals surface area contributed by atoms with E-state index in [1.165, 1.54) is 12.1 Å². The van der Waals surface area contributed by atoms with Crippen molar-refractivity contribution >= 4 is 9.84 Å². The highest BCUT2D eigenvalue weighted by Crippen LogP contribution is 2.25. The van der Waals surface area contributed by atoms with Crippen molar-refractivity contribution in [2.24, 2.45) is 0 Å². The maximum Gasteiger partial charge on any atom is 0.175 e. The quantitative estimate of drug-likeness (QED) is 0.883. The zero-order valence-electron chi connectivity index (χ0n) is 14.0. The van der Waals surface area contributed by atoms with Crippen molar-refractivity contribution in [1.82, 2.24) is 10.3 Å². The van der Waals surface area contributed by atoms with Gasteiger partial charge in [-0.15, -0.1) is 0 Å². The normalized spacial score (nSPS) is 15.9. The van der Waals surface area contributed by atoms with Crippen LogP contribution in [0.3, 0.4) is 0 Å². The molecule has 1 aliphatic heterocycles. The third-order valence-electron chi connectivity index (χ3n) is 4.29. The molecule has 0 radical (unpaired) electrons. The van der Waals surface area contributed by atoms with Gasteiger partial charge in [-0.1, -0.05) is 6.07 Å². The summed E-state index contributed by atoms with van der Waals surface area (Å²) in [5.74, 6) is -0.245. The SMILES string of the molecule is CS(=O)(=O)c1ccc(OCc2cccc(C3CCNCC3)n2)c(F)c1. The predicted molar refractivity (Wildman–Crippen MR) is 92.9 cm³/mol. The molecule has 0 unspecified atom stereocenters. The molecule has 2 heterocycles. The van der Waals surface area contributed by atoms with E-state index in [-0.39, 0.29) is 17.3 Å². The van der Waals surface area contributed by atoms with Gasteiger partial charge in [-0.3, -0.25) is 4.98 Å². The van der Waals surface area contributed by atoms with Gasteiger partial charge in [0.05, 0.1) is 10.6 Å². The predicted octanol–water partition coefficient (Wildman–Crippen LogP) is 2.67. The standard InChI is InChI=1S/C18H21FN2O3S/c1-25(22,23)15-5-6-18(16(19)11-15)24-12-14-3-2-4-17(21-14)13-7-9-20-10-8-13/h2-6,11,13,20H,7-10,12H2,1H3. The Bertz CT molecular complexity index is 849. The van der Waals surface area contributed by atoms with Crippen LogP contribution in [0.1, 0.15) is 30.1 Å². The van der Waals surface area contributed by atoms with Gasteiger partial charge in [0.25, 0.3) is 0 Å². The number of ether oxygens (including phenoxy) is 1. The van der Waals surface area contributed by atoms with Gasteiger partial charge in [0, 0.05) is 17.9 Å². The summed E-state index contributed by atoms with van der Waals surface area (Å²) in [6.07, 6.45) is 3.15. The minimum absolute atomic E-state index is 0.0152. The summed E-state index contributed by atoms with van der Waals surface area (Å²) in [5.41, 5.74) is 1.76. The molecule has 1 saturated heterocycles. The maximum atomic E-state index is 14.0. The van der Waals surface area contributed by atoms with E-state index in [0.29, 0.717) is 5.92 Å². The topological polar surface area (TPSA) is 68.3 Å². The Morgan fingerprint density at radius 3 is 2.68 bits per heavy atom. The zero-order chi connectivity index (χ0) is 17.9. The minimum atomic E-state index is -3.44. The van der Waals surface area contributed by atoms with Crippen molar-refractivity contribution in [2.45, 2.75) is 30.3 Å². The number of benzene rings is 1. The highest BCUT2D eigenvalue weighted by Gasteiger charge is 2.17. The maximum absolute atomic E-state index is 14.0. The summed E-state index contributed by atoms with van der Waals surface area (Å²) in [5, 5.41) is 3.33. The Hall–Kier alpha value is -1.99. The molecule has 5 nitrogen and oxygen atoms in total. The van der Waals surface area contributed by atoms with Gasteiger partial charge >= 0.3 is 0 Å². The first-order chi connectivity index (χ1) is 11.9. The molecule has 0 bridgehead atoms. The second kappa shape index (κ2) is 7.49. The number of piperidine rings is 1. The third kappa shape index (κ3) is 4.55. The lowest BCUT2D eigenvalue weighted by Crippen LogP contribution is -2.27. The molecule has 1 aromatic heterocycles. The molecular weight excluding hydrogens is 343 g/mol. The monoisotopic (exact) mass is 364 g/mol. The van der Waals surface area contributed by atoms with Crippen LogP contribution in [0.5, 0.6) is 5.75 Å². The average Bonchev–Trinajstić information content (AvgIpc) is 2.61. The van der Waals surface area contributed by atoms with Crippen LogP contribution in [0.15, 0.2) is 41.3 Å². The lowest BCUT2D eigenvalue weighted by atomic mass is 9.94. The molecule has 1 fully saturated rings. The number of nitrogens with one attached hydrogen (secondary N) is 1. The Morgan fingerprint density at radius 2 is 2.00 bits per heavy atom. The largest absolute Gasteiger partial charge is 0.484 e. The molecule has 0 atom stereocenters. The number of hydrogen-bond donors (Lipinski definition) is 1. The van der Waals surface area contributed by atoms with Crippen LogP contribution in [-0.2, 0) is 16.4 Å². The summed E-state index contributed by atoms with van der Waals surface area (Å²) in [4.78, 5) is 4.56. The van der Waals surface area contributed by atoms with Gasteiger partial charge in [0.1, 0.15) is 6.61 Å². The first-order valence-corrected chi connectivity index (χ1v) is 10.1. The molecule has 134 valence electrons. The molecule has 0 aliphatic carbocycles. The van der Waals surface area contributed by atoms with E-state index >= 15 is 0 Å². The number of sulfone groups is 1. The van der Waals surface area contributed by atoms with Crippen LogP contribution >= 0.6 is 0 Å². The molecular formula is C18H21FN2O3S. The Morgan fingerprint density at radius 1 is 1.24 bits per heavy atom. The molecule has 3 rings (SSSR count). The van der Waals surface area contributed by atoms with Gasteiger partial charge in [0.15, 0.2) is 21.4 Å². The number of aromatic nitrogens is 1. The van der Waals surface area contributed by atoms with Crippen LogP contribution in [0.2, 0.25) is 0 Å². The molecule has 1 aliphatic rings. The summed E-state index contributed by atoms with van der Waals surface area (Å²) >= 11 is 0. The fraction of sp³-hybridized carbons (Fsp3) is 0.389. The van der Waals surface area contributed by atoms with E-state index in [4.69, 9.17) is 4.74 Å². The van der Waals surface area contributed by atoms with Crippen LogP contribution in [0.25, 0.3) is 0 Å². The molecule has 25 heavy (non-hydrogen) atoms. The molecule has 7 heteroatoms. The first kappa shape index (κ1) is 17.8. The lowest BCUT2D eigenvalue weighted by molar-refractivity contribution is 0.284. The van der Waals surface area contributed by atoms with E-state index in [0.717, 1.165) is 49.6 Å². The minimum Gasteiger partial charge on any atom is -0.484 e. The van der Waals surface area contributed by atoms with Crippen molar-refractivity contribution in [2.75, 3.05) is 19.3 Å². The Balaban J connectivity index is 1.69. The third-order valence-corrected chi connectivity index (χ3v) is 5.40. The number of pyridine rings is 1. The molecule has 1 N–H and O–H groups in total. The summed E-state index contributed by atoms with van der Waals surface area (Å²) < 4.78 is 42.4. The van der Waals surface area contributed by atoms with Crippen LogP contribution < -0.4 is 10.1 Å². The lowest BCUT2D eigenvalue weighted by Gasteiger charge is -2.22. The van der Waals surface area contributed by atoms with Crippen molar-refractivity contribution < 1.29 is 17.5 Å². The number of hydrogen-bond acceptors (Lipinski definition) is 5. The van der Waals surface area contributed by atoms with Crippen LogP contribution in [-0.4, -0.2) is 32.7 Å². The zero-order valence-corrected chi connectivity index (χ0v) is 14.9. The molecule has 2 aromatic rings. The fourth-order valence-corrected chi connectivity index (χ4v) is 3.54. The Labute approximate surface area is 147 Å². The molecule has 0 saturated carbocycles. The Kier molecular flexibility index (Phi) is 5.34. The highest BCUT2D eigenvalue weighted by molar-refractivity contribution is 7.90. The van der Waals surface area contributed by atoms with Crippen molar-refractivity contribution in [1.29, 1.82) is 0 Å². The molecule has 0 amide bonds. The van der Waals surface area contributed by atoms with Crippen LogP contribution in [0.4, 0.5) is 4.39 Å². The summed E-state index contributed by atoms with van der Waals surface area (Å²) in [7, 11) is -3.44. The van der Waals surface area contributed by atoms with Crippen molar-refractivity contribution in [3.8, 4) is 5.75 Å². The van der Waals surface area contributed by atoms with E-state index < -0.39 is 15.7 Å². The number of rotatable bonds is 5. The van der Waals surface area contributed by atoms with E-state index in [1.54, 1.807) is 0 Å². The highest BCUT2D eigenvalue weighted by atomic mass is 32.2. The van der Waals surface area contributed by atoms with Crippen molar-refractivity contribution in [3.05, 3.63) is 53.6 Å². The average molecular weight is 364 g/mol. The van der Waals surface area contributed by atoms with Crippen LogP contribution in [0, 0.1) is 5.82 Å². The summed E-state index contributed by atoms with van der Waals surface area (Å²) in [6.45, 7) is 2.11. The van der Waals surface area contributed by atoms with E-state index in [9.17, 15) is 12.8 Å². The number of nitrogens with zero attached hydrogens (tertiary/aromatic N) is 1. The fourth-order valence-electron chi connectivity index (χ4n) is 2.90. The van der Waals surface area contributed by atoms with Gasteiger partial charge in [-0.25, -0.2) is 12.8 Å². The van der Waals surface area contributed by atoms with Gasteiger partial charge in [0.2, 0.25) is 0 Å². The second-order valence-electron chi connectivity index (χ2n) is 6.23. The first-order valence-electron chi connectivity index (χ1n) is 8.22. The van der Waals surface area contributed by atoms with Gasteiger partial charge in [-0.05, 0) is 56.3 Å². The van der Waals surface area contributed by atoms with Crippen molar-refractivity contribution in [3.63, 3.8) is 0 Å². The second-order valence-corrected chi connectivity index (χ2v) is 8.25. The van der Waals surface area contributed by atoms with Gasteiger partial charge < -0.3 is 10.1 Å².